The Morgan fingerprint density at radius 1 is 1.21 bits per heavy atom. The Labute approximate surface area is 115 Å². The molecule has 0 bridgehead atoms. The van der Waals surface area contributed by atoms with E-state index < -0.39 is 5.92 Å². The number of hydrogen-bond acceptors (Lipinski definition) is 3. The first-order chi connectivity index (χ1) is 8.83. The Morgan fingerprint density at radius 3 is 2.26 bits per heavy atom. The van der Waals surface area contributed by atoms with Crippen LogP contribution in [0.15, 0.2) is 4.99 Å². The van der Waals surface area contributed by atoms with E-state index in [-0.39, 0.29) is 17.0 Å². The third kappa shape index (κ3) is 2.80. The molecule has 1 fully saturated rings. The van der Waals surface area contributed by atoms with Crippen molar-refractivity contribution in [2.75, 3.05) is 6.54 Å². The van der Waals surface area contributed by atoms with Gasteiger partial charge in [0.25, 0.3) is 0 Å². The SMILES string of the molecule is CC1CCN=C(C2C(=O)CC(C)(C(C)C)CC2=O)C1. The summed E-state index contributed by atoms with van der Waals surface area (Å²) >= 11 is 0. The van der Waals surface area contributed by atoms with Gasteiger partial charge in [0.05, 0.1) is 0 Å². The quantitative estimate of drug-likeness (QED) is 0.719. The first-order valence-corrected chi connectivity index (χ1v) is 7.42. The van der Waals surface area contributed by atoms with Gasteiger partial charge in [0, 0.05) is 25.1 Å². The highest BCUT2D eigenvalue weighted by molar-refractivity contribution is 6.22. The number of ketones is 2. The van der Waals surface area contributed by atoms with Gasteiger partial charge >= 0.3 is 0 Å². The molecule has 1 unspecified atom stereocenters. The lowest BCUT2D eigenvalue weighted by Crippen LogP contribution is -2.45. The maximum atomic E-state index is 12.4. The molecule has 19 heavy (non-hydrogen) atoms. The van der Waals surface area contributed by atoms with E-state index in [2.05, 4.69) is 32.7 Å². The van der Waals surface area contributed by atoms with Crippen molar-refractivity contribution < 1.29 is 9.59 Å². The summed E-state index contributed by atoms with van der Waals surface area (Å²) in [5, 5.41) is 0. The maximum Gasteiger partial charge on any atom is 0.149 e. The average molecular weight is 263 g/mol. The summed E-state index contributed by atoms with van der Waals surface area (Å²) in [5.41, 5.74) is 0.699. The van der Waals surface area contributed by atoms with Crippen molar-refractivity contribution in [1.29, 1.82) is 0 Å². The van der Waals surface area contributed by atoms with Gasteiger partial charge in [0.2, 0.25) is 0 Å². The Balaban J connectivity index is 2.19. The third-order valence-corrected chi connectivity index (χ3v) is 5.02. The standard InChI is InChI=1S/C16H25NO2/c1-10(2)16(4)8-13(18)15(14(19)9-16)12-7-11(3)5-6-17-12/h10-11,15H,5-9H2,1-4H3. The van der Waals surface area contributed by atoms with Crippen molar-refractivity contribution in [2.24, 2.45) is 28.2 Å². The fourth-order valence-electron chi connectivity index (χ4n) is 3.18. The van der Waals surface area contributed by atoms with Crippen LogP contribution < -0.4 is 0 Å². The Hall–Kier alpha value is -0.990. The van der Waals surface area contributed by atoms with E-state index in [1.54, 1.807) is 0 Å². The molecule has 0 amide bonds. The predicted octanol–water partition coefficient (Wildman–Crippen LogP) is 3.07. The normalized spacial score (nSPS) is 36.6. The number of aliphatic imine (C=N–C) groups is 1. The lowest BCUT2D eigenvalue weighted by atomic mass is 9.63. The van der Waals surface area contributed by atoms with Gasteiger partial charge in [-0.1, -0.05) is 27.7 Å². The van der Waals surface area contributed by atoms with Crippen LogP contribution in [0, 0.1) is 23.2 Å². The van der Waals surface area contributed by atoms with E-state index in [0.29, 0.717) is 24.7 Å². The fraction of sp³-hybridized carbons (Fsp3) is 0.812. The van der Waals surface area contributed by atoms with Gasteiger partial charge in [-0.05, 0) is 30.1 Å². The Morgan fingerprint density at radius 2 is 1.79 bits per heavy atom. The van der Waals surface area contributed by atoms with Crippen LogP contribution in [0.4, 0.5) is 0 Å². The number of rotatable bonds is 2. The van der Waals surface area contributed by atoms with Crippen molar-refractivity contribution >= 4 is 17.3 Å². The number of nitrogens with zero attached hydrogens (tertiary/aromatic N) is 1. The minimum absolute atomic E-state index is 0.0975. The molecule has 3 nitrogen and oxygen atoms in total. The molecule has 1 aliphatic carbocycles. The van der Waals surface area contributed by atoms with Crippen LogP contribution in [0.2, 0.25) is 0 Å². The molecule has 2 aliphatic rings. The van der Waals surface area contributed by atoms with Crippen LogP contribution in [-0.2, 0) is 9.59 Å². The zero-order valence-corrected chi connectivity index (χ0v) is 12.5. The zero-order chi connectivity index (χ0) is 14.2. The van der Waals surface area contributed by atoms with Crippen molar-refractivity contribution in [3.05, 3.63) is 0 Å². The van der Waals surface area contributed by atoms with Gasteiger partial charge in [0.1, 0.15) is 17.5 Å². The highest BCUT2D eigenvalue weighted by atomic mass is 16.2. The van der Waals surface area contributed by atoms with Gasteiger partial charge < -0.3 is 0 Å². The van der Waals surface area contributed by atoms with Gasteiger partial charge in [-0.3, -0.25) is 14.6 Å². The Kier molecular flexibility index (Phi) is 3.93. The lowest BCUT2D eigenvalue weighted by Gasteiger charge is -2.39. The van der Waals surface area contributed by atoms with E-state index in [1.807, 2.05) is 0 Å². The molecule has 0 spiro atoms. The van der Waals surface area contributed by atoms with E-state index >= 15 is 0 Å². The summed E-state index contributed by atoms with van der Waals surface area (Å²) in [6.07, 6.45) is 2.94. The highest BCUT2D eigenvalue weighted by Crippen LogP contribution is 2.41. The molecule has 106 valence electrons. The third-order valence-electron chi connectivity index (χ3n) is 5.02. The molecule has 1 saturated carbocycles. The first kappa shape index (κ1) is 14.4. The molecule has 0 radical (unpaired) electrons. The summed E-state index contributed by atoms with van der Waals surface area (Å²) in [5.74, 6) is 0.579. The molecule has 1 atom stereocenters. The summed E-state index contributed by atoms with van der Waals surface area (Å²) < 4.78 is 0. The molecule has 1 aliphatic heterocycles. The molecule has 0 aromatic heterocycles. The molecule has 0 saturated heterocycles. The molecular weight excluding hydrogens is 238 g/mol. The second-order valence-electron chi connectivity index (χ2n) is 7.00. The number of carbonyl (C=O) groups is 2. The molecule has 3 heteroatoms. The number of hydrogen-bond donors (Lipinski definition) is 0. The van der Waals surface area contributed by atoms with Crippen molar-refractivity contribution in [3.8, 4) is 0 Å². The summed E-state index contributed by atoms with van der Waals surface area (Å²) in [6.45, 7) is 9.21. The summed E-state index contributed by atoms with van der Waals surface area (Å²) in [6, 6.07) is 0. The summed E-state index contributed by atoms with van der Waals surface area (Å²) in [7, 11) is 0. The monoisotopic (exact) mass is 263 g/mol. The van der Waals surface area contributed by atoms with Crippen LogP contribution in [0.3, 0.4) is 0 Å². The molecule has 1 heterocycles. The number of Topliss-reactive ketones (excluding diaryl/α,β-unsaturated/α-hetero) is 2. The van der Waals surface area contributed by atoms with Gasteiger partial charge in [-0.2, -0.15) is 0 Å². The minimum atomic E-state index is -0.519. The van der Waals surface area contributed by atoms with Crippen molar-refractivity contribution in [1.82, 2.24) is 0 Å². The second-order valence-corrected chi connectivity index (χ2v) is 7.00. The van der Waals surface area contributed by atoms with Crippen molar-refractivity contribution in [2.45, 2.75) is 53.4 Å². The molecule has 0 aromatic carbocycles. The lowest BCUT2D eigenvalue weighted by molar-refractivity contribution is -0.138. The highest BCUT2D eigenvalue weighted by Gasteiger charge is 2.45. The maximum absolute atomic E-state index is 12.4. The van der Waals surface area contributed by atoms with Gasteiger partial charge in [-0.15, -0.1) is 0 Å². The van der Waals surface area contributed by atoms with E-state index in [4.69, 9.17) is 0 Å². The molecule has 2 rings (SSSR count). The van der Waals surface area contributed by atoms with E-state index in [0.717, 1.165) is 25.1 Å². The van der Waals surface area contributed by atoms with Crippen molar-refractivity contribution in [3.63, 3.8) is 0 Å². The fourth-order valence-corrected chi connectivity index (χ4v) is 3.18. The molecular formula is C16H25NO2. The molecule has 0 N–H and O–H groups in total. The smallest absolute Gasteiger partial charge is 0.149 e. The predicted molar refractivity (Wildman–Crippen MR) is 76.4 cm³/mol. The first-order valence-electron chi connectivity index (χ1n) is 7.42. The van der Waals surface area contributed by atoms with Crippen LogP contribution in [0.25, 0.3) is 0 Å². The minimum Gasteiger partial charge on any atom is -0.298 e. The van der Waals surface area contributed by atoms with Gasteiger partial charge in [-0.25, -0.2) is 0 Å². The van der Waals surface area contributed by atoms with Crippen LogP contribution in [0.1, 0.15) is 53.4 Å². The van der Waals surface area contributed by atoms with Crippen LogP contribution in [-0.4, -0.2) is 23.8 Å². The average Bonchev–Trinajstić information content (AvgIpc) is 2.27. The molecule has 0 aromatic rings. The number of carbonyl (C=O) groups excluding carboxylic acids is 2. The zero-order valence-electron chi connectivity index (χ0n) is 12.5. The summed E-state index contributed by atoms with van der Waals surface area (Å²) in [4.78, 5) is 29.3. The van der Waals surface area contributed by atoms with E-state index in [9.17, 15) is 9.59 Å². The van der Waals surface area contributed by atoms with Gasteiger partial charge in [0.15, 0.2) is 0 Å². The second kappa shape index (κ2) is 5.18. The van der Waals surface area contributed by atoms with E-state index in [1.165, 1.54) is 0 Å². The van der Waals surface area contributed by atoms with Crippen LogP contribution >= 0.6 is 0 Å². The Bertz CT molecular complexity index is 404. The topological polar surface area (TPSA) is 46.5 Å². The van der Waals surface area contributed by atoms with Crippen LogP contribution in [0.5, 0.6) is 0 Å². The largest absolute Gasteiger partial charge is 0.298 e.